The quantitative estimate of drug-likeness (QED) is 0.459. The van der Waals surface area contributed by atoms with Crippen molar-refractivity contribution in [3.63, 3.8) is 0 Å². The smallest absolute Gasteiger partial charge is 0.326 e. The second-order valence-corrected chi connectivity index (χ2v) is 3.42. The summed E-state index contributed by atoms with van der Waals surface area (Å²) in [5.74, 6) is -0.164. The molecule has 0 saturated heterocycles. The summed E-state index contributed by atoms with van der Waals surface area (Å²) in [6.07, 6.45) is 0. The van der Waals surface area contributed by atoms with E-state index in [2.05, 4.69) is 5.32 Å². The highest BCUT2D eigenvalue weighted by Crippen LogP contribution is 2.32. The van der Waals surface area contributed by atoms with Crippen LogP contribution in [0.3, 0.4) is 0 Å². The molecular weight excluding hydrogens is 192 g/mol. The molecule has 1 rings (SSSR count). The molecule has 0 saturated carbocycles. The Labute approximate surface area is 78.5 Å². The zero-order valence-electron chi connectivity index (χ0n) is 7.16. The fraction of sp³-hybridized carbons (Fsp3) is 0.286. The Kier molecular flexibility index (Phi) is 2.62. The Balaban J connectivity index is 3.19. The number of carbonyl (C=O) groups is 1. The largest absolute Gasteiger partial charge is 0.387 e. The summed E-state index contributed by atoms with van der Waals surface area (Å²) in [5.41, 5.74) is 0.518. The lowest BCUT2D eigenvalue weighted by Crippen LogP contribution is -1.94. The molecule has 0 fully saturated rings. The topological polar surface area (TPSA) is 72.2 Å². The highest BCUT2D eigenvalue weighted by Gasteiger charge is 2.18. The molecule has 13 heavy (non-hydrogen) atoms. The van der Waals surface area contributed by atoms with Crippen molar-refractivity contribution in [2.24, 2.45) is 0 Å². The summed E-state index contributed by atoms with van der Waals surface area (Å²) < 4.78 is 0. The van der Waals surface area contributed by atoms with Gasteiger partial charge in [0.1, 0.15) is 0 Å². The van der Waals surface area contributed by atoms with Crippen LogP contribution in [0.5, 0.6) is 0 Å². The molecule has 1 N–H and O–H groups in total. The van der Waals surface area contributed by atoms with Crippen LogP contribution in [0.25, 0.3) is 0 Å². The maximum Gasteiger partial charge on any atom is 0.326 e. The monoisotopic (exact) mass is 200 g/mol. The second kappa shape index (κ2) is 3.53. The van der Waals surface area contributed by atoms with Crippen molar-refractivity contribution in [2.75, 3.05) is 12.4 Å². The number of hydrogen-bond donors (Lipinski definition) is 1. The van der Waals surface area contributed by atoms with E-state index in [1.165, 1.54) is 13.0 Å². The number of hydrogen-bond acceptors (Lipinski definition) is 5. The Morgan fingerprint density at radius 3 is 2.62 bits per heavy atom. The Hall–Kier alpha value is -1.43. The molecular formula is C7H8N2O3S. The number of nitrogens with one attached hydrogen (secondary N) is 1. The van der Waals surface area contributed by atoms with E-state index < -0.39 is 4.92 Å². The average Bonchev–Trinajstić information content (AvgIpc) is 2.47. The molecule has 1 heterocycles. The zero-order chi connectivity index (χ0) is 10.0. The minimum Gasteiger partial charge on any atom is -0.387 e. The van der Waals surface area contributed by atoms with Crippen LogP contribution in [-0.2, 0) is 0 Å². The van der Waals surface area contributed by atoms with Crippen molar-refractivity contribution in [3.05, 3.63) is 21.1 Å². The van der Waals surface area contributed by atoms with Crippen molar-refractivity contribution in [1.82, 2.24) is 0 Å². The molecule has 0 amide bonds. The van der Waals surface area contributed by atoms with Gasteiger partial charge in [0.25, 0.3) is 0 Å². The lowest BCUT2D eigenvalue weighted by atomic mass is 10.3. The van der Waals surface area contributed by atoms with Gasteiger partial charge < -0.3 is 5.32 Å². The predicted octanol–water partition coefficient (Wildman–Crippen LogP) is 1.90. The van der Waals surface area contributed by atoms with Crippen LogP contribution >= 0.6 is 11.3 Å². The van der Waals surface area contributed by atoms with Gasteiger partial charge in [0.05, 0.1) is 21.6 Å². The first kappa shape index (κ1) is 9.66. The number of nitrogens with zero attached hydrogens (tertiary/aromatic N) is 1. The molecule has 1 aromatic rings. The van der Waals surface area contributed by atoms with Crippen molar-refractivity contribution in [1.29, 1.82) is 0 Å². The van der Waals surface area contributed by atoms with Crippen molar-refractivity contribution in [2.45, 2.75) is 6.92 Å². The predicted molar refractivity (Wildman–Crippen MR) is 50.5 cm³/mol. The summed E-state index contributed by atoms with van der Waals surface area (Å²) in [6, 6.07) is 1.36. The molecule has 5 nitrogen and oxygen atoms in total. The molecule has 1 aromatic heterocycles. The lowest BCUT2D eigenvalue weighted by Gasteiger charge is -1.95. The van der Waals surface area contributed by atoms with Gasteiger partial charge in [-0.15, -0.1) is 0 Å². The summed E-state index contributed by atoms with van der Waals surface area (Å²) in [4.78, 5) is 21.3. The van der Waals surface area contributed by atoms with Gasteiger partial charge in [0.15, 0.2) is 5.78 Å². The molecule has 0 aliphatic heterocycles. The van der Waals surface area contributed by atoms with Gasteiger partial charge in [-0.05, 0) is 0 Å². The van der Waals surface area contributed by atoms with Gasteiger partial charge in [-0.25, -0.2) is 0 Å². The Bertz CT molecular complexity index is 359. The molecule has 0 radical (unpaired) electrons. The van der Waals surface area contributed by atoms with Gasteiger partial charge in [-0.3, -0.25) is 14.9 Å². The molecule has 0 aliphatic rings. The Morgan fingerprint density at radius 1 is 1.69 bits per heavy atom. The molecule has 0 spiro atoms. The highest BCUT2D eigenvalue weighted by atomic mass is 32.1. The zero-order valence-corrected chi connectivity index (χ0v) is 7.97. The molecule has 0 unspecified atom stereocenters. The maximum atomic E-state index is 11.0. The van der Waals surface area contributed by atoms with E-state index >= 15 is 0 Å². The third-order valence-electron chi connectivity index (χ3n) is 1.49. The Morgan fingerprint density at radius 2 is 2.31 bits per heavy atom. The molecule has 6 heteroatoms. The molecule has 0 aromatic carbocycles. The number of thiophene rings is 1. The molecule has 0 bridgehead atoms. The van der Waals surface area contributed by atoms with Crippen LogP contribution in [0, 0.1) is 10.1 Å². The van der Waals surface area contributed by atoms with Crippen LogP contribution in [0.2, 0.25) is 0 Å². The van der Waals surface area contributed by atoms with Gasteiger partial charge in [0, 0.05) is 14.0 Å². The van der Waals surface area contributed by atoms with E-state index in [4.69, 9.17) is 0 Å². The van der Waals surface area contributed by atoms with Gasteiger partial charge in [-0.2, -0.15) is 0 Å². The average molecular weight is 200 g/mol. The van der Waals surface area contributed by atoms with E-state index in [1.54, 1.807) is 7.05 Å². The summed E-state index contributed by atoms with van der Waals surface area (Å²) >= 11 is 0.889. The van der Waals surface area contributed by atoms with E-state index in [0.717, 1.165) is 11.3 Å². The fourth-order valence-corrected chi connectivity index (χ4v) is 1.79. The second-order valence-electron chi connectivity index (χ2n) is 2.39. The standard InChI is InChI=1S/C7H8N2O3S/c1-4(10)7-5(8-2)3-6(13-7)9(11)12/h3,8H,1-2H3. The van der Waals surface area contributed by atoms with Crippen LogP contribution < -0.4 is 5.32 Å². The van der Waals surface area contributed by atoms with E-state index in [0.29, 0.717) is 10.6 Å². The molecule has 0 aliphatic carbocycles. The number of ketones is 1. The van der Waals surface area contributed by atoms with Crippen LogP contribution in [0.4, 0.5) is 10.7 Å². The fourth-order valence-electron chi connectivity index (χ4n) is 0.915. The third kappa shape index (κ3) is 1.83. The number of rotatable bonds is 3. The van der Waals surface area contributed by atoms with E-state index in [-0.39, 0.29) is 10.8 Å². The first-order valence-electron chi connectivity index (χ1n) is 3.53. The maximum absolute atomic E-state index is 11.0. The van der Waals surface area contributed by atoms with E-state index in [9.17, 15) is 14.9 Å². The molecule has 0 atom stereocenters. The van der Waals surface area contributed by atoms with Gasteiger partial charge >= 0.3 is 5.00 Å². The lowest BCUT2D eigenvalue weighted by molar-refractivity contribution is -0.380. The van der Waals surface area contributed by atoms with Gasteiger partial charge in [-0.1, -0.05) is 11.3 Å². The first-order valence-corrected chi connectivity index (χ1v) is 4.34. The van der Waals surface area contributed by atoms with Crippen molar-refractivity contribution >= 4 is 27.8 Å². The van der Waals surface area contributed by atoms with E-state index in [1.807, 2.05) is 0 Å². The number of nitro groups is 1. The van der Waals surface area contributed by atoms with Crippen molar-refractivity contribution in [3.8, 4) is 0 Å². The van der Waals surface area contributed by atoms with Crippen LogP contribution in [-0.4, -0.2) is 17.8 Å². The van der Waals surface area contributed by atoms with Crippen molar-refractivity contribution < 1.29 is 9.72 Å². The van der Waals surface area contributed by atoms with Gasteiger partial charge in [0.2, 0.25) is 0 Å². The summed E-state index contributed by atoms with van der Waals surface area (Å²) in [5, 5.41) is 13.1. The SMILES string of the molecule is CNc1cc([N+](=O)[O-])sc1C(C)=O. The third-order valence-corrected chi connectivity index (χ3v) is 2.68. The van der Waals surface area contributed by atoms with Crippen LogP contribution in [0.1, 0.15) is 16.6 Å². The minimum absolute atomic E-state index is 0.0189. The number of carbonyl (C=O) groups excluding carboxylic acids is 1. The summed E-state index contributed by atoms with van der Waals surface area (Å²) in [6.45, 7) is 1.39. The summed E-state index contributed by atoms with van der Waals surface area (Å²) in [7, 11) is 1.62. The minimum atomic E-state index is -0.502. The first-order chi connectivity index (χ1) is 6.06. The highest BCUT2D eigenvalue weighted by molar-refractivity contribution is 7.17. The number of anilines is 1. The van der Waals surface area contributed by atoms with Crippen LogP contribution in [0.15, 0.2) is 6.07 Å². The number of Topliss-reactive ketones (excluding diaryl/α,β-unsaturated/α-hetero) is 1. The normalized spacial score (nSPS) is 9.69. The molecule has 70 valence electrons.